The Hall–Kier alpha value is -3.90. The van der Waals surface area contributed by atoms with Gasteiger partial charge in [-0.3, -0.25) is 28.9 Å². The Balaban J connectivity index is 1.77. The molecule has 71 heavy (non-hydrogen) atoms. The van der Waals surface area contributed by atoms with Gasteiger partial charge in [-0.05, 0) is 121 Å². The molecule has 2 bridgehead atoms. The number of carbonyl (C=O) groups is 6. The molecule has 3 aliphatic heterocycles. The minimum atomic E-state index is -2.45. The molecule has 15 atom stereocenters. The van der Waals surface area contributed by atoms with E-state index in [-0.39, 0.29) is 61.4 Å². The van der Waals surface area contributed by atoms with E-state index in [1.54, 1.807) is 60.1 Å². The number of fused-ring (bicyclic) bond motifs is 3. The second kappa shape index (κ2) is 28.0. The molecule has 1 aliphatic carbocycles. The molecule has 0 aromatic heterocycles. The highest BCUT2D eigenvalue weighted by Crippen LogP contribution is 2.38. The largest absolute Gasteiger partial charge is 0.460 e. The van der Waals surface area contributed by atoms with Gasteiger partial charge in [-0.1, -0.05) is 71.1 Å². The standard InChI is InChI=1S/C55H86N2O14/c1-33-18-14-13-15-19-34(2)45(66-10)30-41-23-21-39(7)55(65,71-41)52(62)53(63)57-25-17-16-20-42(57)54(64)69-46(36(4)28-40-22-24-43(58)47(29-40)67-11)31-44(59)35(3)27-38(6)50(70-48(60)32-56(8)9)51(68-12)49(61)37(5)26-33/h13-15,18-19,27,33,35-37,39-43,45-47,50-51,58,65H,16-17,20-26,28-32H2,1-12H3/b15-13-,18-14+,34-19+,38-27?/t33?,35?,36?,37?,39?,40?,41?,42?,43?,45?,46?,47?,50?,51?,55-/m0/s1. The number of aliphatic hydroxyl groups is 2. The summed E-state index contributed by atoms with van der Waals surface area (Å²) >= 11 is 0. The summed E-state index contributed by atoms with van der Waals surface area (Å²) in [4.78, 5) is 87.9. The van der Waals surface area contributed by atoms with Crippen LogP contribution in [0.5, 0.6) is 0 Å². The molecule has 2 N–H and O–H groups in total. The molecule has 1 saturated carbocycles. The van der Waals surface area contributed by atoms with E-state index in [1.807, 2.05) is 58.1 Å². The molecule has 1 amide bonds. The maximum absolute atomic E-state index is 14.5. The number of Topliss-reactive ketones (excluding diaryl/α,β-unsaturated/α-hetero) is 3. The summed E-state index contributed by atoms with van der Waals surface area (Å²) < 4.78 is 35.8. The topological polar surface area (TPSA) is 205 Å². The Morgan fingerprint density at radius 3 is 2.25 bits per heavy atom. The number of hydrogen-bond donors (Lipinski definition) is 2. The fourth-order valence-electron chi connectivity index (χ4n) is 10.7. The van der Waals surface area contributed by atoms with E-state index < -0.39 is 89.8 Å². The summed E-state index contributed by atoms with van der Waals surface area (Å²) in [7, 11) is 7.98. The third-order valence-electron chi connectivity index (χ3n) is 15.2. The summed E-state index contributed by atoms with van der Waals surface area (Å²) in [5, 5.41) is 22.6. The van der Waals surface area contributed by atoms with Crippen molar-refractivity contribution in [2.24, 2.45) is 35.5 Å². The van der Waals surface area contributed by atoms with Gasteiger partial charge in [-0.25, -0.2) is 4.79 Å². The van der Waals surface area contributed by atoms with E-state index in [0.717, 1.165) is 5.57 Å². The Morgan fingerprint density at radius 2 is 1.59 bits per heavy atom. The van der Waals surface area contributed by atoms with Crippen LogP contribution in [-0.2, 0) is 57.2 Å². The van der Waals surface area contributed by atoms with E-state index in [0.29, 0.717) is 69.8 Å². The van der Waals surface area contributed by atoms with Gasteiger partial charge in [0.2, 0.25) is 5.79 Å². The fourth-order valence-corrected chi connectivity index (χ4v) is 10.7. The van der Waals surface area contributed by atoms with Crippen molar-refractivity contribution in [3.8, 4) is 0 Å². The summed E-state index contributed by atoms with van der Waals surface area (Å²) in [5.74, 6) is -8.85. The zero-order valence-electron chi connectivity index (χ0n) is 44.6. The quantitative estimate of drug-likeness (QED) is 0.148. The van der Waals surface area contributed by atoms with Crippen LogP contribution in [0, 0.1) is 35.5 Å². The average Bonchev–Trinajstić information content (AvgIpc) is 3.32. The number of methoxy groups -OCH3 is 3. The first kappa shape index (κ1) is 59.7. The van der Waals surface area contributed by atoms with Gasteiger partial charge in [0.25, 0.3) is 11.7 Å². The predicted octanol–water partition coefficient (Wildman–Crippen LogP) is 6.29. The number of likely N-dealkylation sites (N-methyl/N-ethyl adjacent to an activating group) is 1. The molecule has 3 heterocycles. The first-order valence-electron chi connectivity index (χ1n) is 25.9. The molecule has 0 aromatic carbocycles. The van der Waals surface area contributed by atoms with Crippen LogP contribution in [0.15, 0.2) is 47.6 Å². The normalized spacial score (nSPS) is 37.3. The van der Waals surface area contributed by atoms with Crippen LogP contribution < -0.4 is 0 Å². The highest BCUT2D eigenvalue weighted by atomic mass is 16.6. The number of piperidine rings is 1. The van der Waals surface area contributed by atoms with E-state index in [4.69, 9.17) is 28.4 Å². The predicted molar refractivity (Wildman–Crippen MR) is 268 cm³/mol. The number of nitrogens with zero attached hydrogens (tertiary/aromatic N) is 2. The lowest BCUT2D eigenvalue weighted by Gasteiger charge is -2.42. The van der Waals surface area contributed by atoms with Crippen molar-refractivity contribution in [1.29, 1.82) is 0 Å². The summed E-state index contributed by atoms with van der Waals surface area (Å²) in [6, 6.07) is -1.17. The highest BCUT2D eigenvalue weighted by Gasteiger charge is 2.53. The lowest BCUT2D eigenvalue weighted by Crippen LogP contribution is -2.61. The zero-order chi connectivity index (χ0) is 52.7. The van der Waals surface area contributed by atoms with Crippen molar-refractivity contribution in [1.82, 2.24) is 9.80 Å². The second-order valence-electron chi connectivity index (χ2n) is 21.3. The van der Waals surface area contributed by atoms with Crippen LogP contribution in [0.4, 0.5) is 0 Å². The molecule has 4 rings (SSSR count). The molecule has 16 heteroatoms. The van der Waals surface area contributed by atoms with Gasteiger partial charge in [0.05, 0.1) is 31.0 Å². The van der Waals surface area contributed by atoms with E-state index in [2.05, 4.69) is 0 Å². The van der Waals surface area contributed by atoms with Gasteiger partial charge >= 0.3 is 11.9 Å². The molecule has 400 valence electrons. The average molecular weight is 999 g/mol. The zero-order valence-corrected chi connectivity index (χ0v) is 44.6. The number of carbonyl (C=O) groups excluding carboxylic acids is 6. The number of rotatable bonds is 9. The first-order valence-corrected chi connectivity index (χ1v) is 25.9. The van der Waals surface area contributed by atoms with Crippen molar-refractivity contribution in [2.75, 3.05) is 48.5 Å². The number of esters is 2. The second-order valence-corrected chi connectivity index (χ2v) is 21.3. The summed E-state index contributed by atoms with van der Waals surface area (Å²) in [6.45, 7) is 12.7. The third-order valence-corrected chi connectivity index (χ3v) is 15.2. The van der Waals surface area contributed by atoms with Crippen molar-refractivity contribution in [3.05, 3.63) is 47.6 Å². The van der Waals surface area contributed by atoms with Crippen LogP contribution in [0.25, 0.3) is 0 Å². The highest BCUT2D eigenvalue weighted by molar-refractivity contribution is 6.39. The summed E-state index contributed by atoms with van der Waals surface area (Å²) in [5.41, 5.74) is 1.30. The fraction of sp³-hybridized carbons (Fsp3) is 0.745. The van der Waals surface area contributed by atoms with Crippen LogP contribution in [0.1, 0.15) is 126 Å². The number of ketones is 3. The molecule has 14 unspecified atom stereocenters. The van der Waals surface area contributed by atoms with Crippen molar-refractivity contribution >= 4 is 35.2 Å². The Labute approximate surface area is 422 Å². The molecular weight excluding hydrogens is 913 g/mol. The Morgan fingerprint density at radius 1 is 0.873 bits per heavy atom. The van der Waals surface area contributed by atoms with Crippen LogP contribution >= 0.6 is 0 Å². The molecule has 0 spiro atoms. The molecule has 4 aliphatic rings. The van der Waals surface area contributed by atoms with Gasteiger partial charge in [0.1, 0.15) is 17.9 Å². The minimum absolute atomic E-state index is 0.0246. The van der Waals surface area contributed by atoms with Gasteiger partial charge in [0.15, 0.2) is 18.0 Å². The third kappa shape index (κ3) is 16.6. The van der Waals surface area contributed by atoms with Gasteiger partial charge < -0.3 is 43.5 Å². The Bertz CT molecular complexity index is 1950. The first-order chi connectivity index (χ1) is 33.5. The van der Waals surface area contributed by atoms with Crippen LogP contribution in [-0.4, -0.2) is 158 Å². The SMILES string of the molecule is COC1CC2CCC(C)[C@](O)(O2)C(=O)C(=O)N2CCCCC2C(=O)OC(C(C)CC2CCC(O)C(OC)C2)CC(=O)C(C)C=C(C)C(OC(=O)CN(C)C)C(OC)C(=O)C(C)CC(C)/C=C/C=C\C=C\1C. The molecule has 0 radical (unpaired) electrons. The number of ether oxygens (including phenoxy) is 6. The van der Waals surface area contributed by atoms with E-state index in [9.17, 15) is 39.0 Å². The van der Waals surface area contributed by atoms with Gasteiger partial charge in [-0.15, -0.1) is 0 Å². The molecule has 0 aromatic rings. The van der Waals surface area contributed by atoms with Crippen molar-refractivity contribution < 1.29 is 67.4 Å². The van der Waals surface area contributed by atoms with Gasteiger partial charge in [0, 0.05) is 58.5 Å². The molecule has 3 fully saturated rings. The molecule has 2 saturated heterocycles. The number of aliphatic hydroxyl groups excluding tert-OH is 1. The minimum Gasteiger partial charge on any atom is -0.460 e. The molecule has 16 nitrogen and oxygen atoms in total. The monoisotopic (exact) mass is 999 g/mol. The molecular formula is C55H86N2O14. The maximum Gasteiger partial charge on any atom is 0.329 e. The number of amides is 1. The Kier molecular flexibility index (Phi) is 23.5. The number of cyclic esters (lactones) is 1. The smallest absolute Gasteiger partial charge is 0.329 e. The number of allylic oxidation sites excluding steroid dienone is 6. The van der Waals surface area contributed by atoms with Crippen molar-refractivity contribution in [3.63, 3.8) is 0 Å². The summed E-state index contributed by atoms with van der Waals surface area (Å²) in [6.07, 6.45) is 11.0. The van der Waals surface area contributed by atoms with E-state index in [1.165, 1.54) is 12.0 Å². The lowest BCUT2D eigenvalue weighted by atomic mass is 9.78. The van der Waals surface area contributed by atoms with Gasteiger partial charge in [-0.2, -0.15) is 0 Å². The van der Waals surface area contributed by atoms with E-state index >= 15 is 0 Å². The van der Waals surface area contributed by atoms with Crippen LogP contribution in [0.2, 0.25) is 0 Å². The maximum atomic E-state index is 14.5. The lowest BCUT2D eigenvalue weighted by molar-refractivity contribution is -0.265. The van der Waals surface area contributed by atoms with Crippen molar-refractivity contribution in [2.45, 2.75) is 180 Å². The number of hydrogen-bond acceptors (Lipinski definition) is 15. The van der Waals surface area contributed by atoms with Crippen LogP contribution in [0.3, 0.4) is 0 Å².